The van der Waals surface area contributed by atoms with Crippen molar-refractivity contribution in [3.05, 3.63) is 34.9 Å². The molecule has 0 aliphatic carbocycles. The third kappa shape index (κ3) is 3.24. The number of carbonyl (C=O) groups is 1. The highest BCUT2D eigenvalue weighted by Gasteiger charge is 2.26. The van der Waals surface area contributed by atoms with Gasteiger partial charge >= 0.3 is 0 Å². The Morgan fingerprint density at radius 2 is 2.05 bits per heavy atom. The van der Waals surface area contributed by atoms with Gasteiger partial charge in [0.05, 0.1) is 6.54 Å². The van der Waals surface area contributed by atoms with Crippen LogP contribution in [0.15, 0.2) is 18.2 Å². The van der Waals surface area contributed by atoms with Crippen molar-refractivity contribution in [2.75, 3.05) is 13.1 Å². The molecule has 2 nitrogen and oxygen atoms in total. The SMILES string of the molecule is Cc1ccc(C(=O)CN2CCCC(C)C2C)c(C)c1. The smallest absolute Gasteiger partial charge is 0.177 e. The zero-order valence-electron chi connectivity index (χ0n) is 12.6. The van der Waals surface area contributed by atoms with Crippen molar-refractivity contribution < 1.29 is 4.79 Å². The average Bonchev–Trinajstić information content (AvgIpc) is 2.34. The van der Waals surface area contributed by atoms with E-state index in [1.165, 1.54) is 18.4 Å². The maximum Gasteiger partial charge on any atom is 0.177 e. The predicted octanol–water partition coefficient (Wildman–Crippen LogP) is 3.61. The van der Waals surface area contributed by atoms with Crippen LogP contribution in [-0.2, 0) is 0 Å². The van der Waals surface area contributed by atoms with Crippen LogP contribution in [0.25, 0.3) is 0 Å². The number of ketones is 1. The molecule has 2 unspecified atom stereocenters. The number of piperidine rings is 1. The fourth-order valence-corrected chi connectivity index (χ4v) is 3.04. The molecule has 104 valence electrons. The molecule has 1 aliphatic rings. The predicted molar refractivity (Wildman–Crippen MR) is 79.7 cm³/mol. The Morgan fingerprint density at radius 1 is 1.32 bits per heavy atom. The number of aryl methyl sites for hydroxylation is 2. The minimum atomic E-state index is 0.262. The van der Waals surface area contributed by atoms with Crippen LogP contribution < -0.4 is 0 Å². The molecule has 2 atom stereocenters. The molecular weight excluding hydrogens is 234 g/mol. The van der Waals surface area contributed by atoms with Crippen molar-refractivity contribution in [1.82, 2.24) is 4.90 Å². The van der Waals surface area contributed by atoms with E-state index in [4.69, 9.17) is 0 Å². The van der Waals surface area contributed by atoms with Gasteiger partial charge in [-0.2, -0.15) is 0 Å². The first-order chi connectivity index (χ1) is 8.99. The molecule has 1 aromatic rings. The number of nitrogens with zero attached hydrogens (tertiary/aromatic N) is 1. The molecule has 0 saturated carbocycles. The van der Waals surface area contributed by atoms with E-state index >= 15 is 0 Å². The lowest BCUT2D eigenvalue weighted by Crippen LogP contribution is -2.44. The van der Waals surface area contributed by atoms with E-state index in [1.54, 1.807) is 0 Å². The lowest BCUT2D eigenvalue weighted by atomic mass is 9.91. The molecule has 0 N–H and O–H groups in total. The minimum absolute atomic E-state index is 0.262. The molecule has 2 heteroatoms. The summed E-state index contributed by atoms with van der Waals surface area (Å²) < 4.78 is 0. The molecule has 1 aliphatic heterocycles. The van der Waals surface area contributed by atoms with Crippen LogP contribution in [0.5, 0.6) is 0 Å². The summed E-state index contributed by atoms with van der Waals surface area (Å²) in [5.41, 5.74) is 3.20. The largest absolute Gasteiger partial charge is 0.293 e. The number of carbonyl (C=O) groups excluding carboxylic acids is 1. The second-order valence-corrected chi connectivity index (χ2v) is 6.07. The Labute approximate surface area is 116 Å². The van der Waals surface area contributed by atoms with Crippen LogP contribution in [0.1, 0.15) is 48.2 Å². The van der Waals surface area contributed by atoms with Gasteiger partial charge in [-0.25, -0.2) is 0 Å². The number of hydrogen-bond donors (Lipinski definition) is 0. The second-order valence-electron chi connectivity index (χ2n) is 6.07. The third-order valence-corrected chi connectivity index (χ3v) is 4.53. The Morgan fingerprint density at radius 3 is 2.74 bits per heavy atom. The van der Waals surface area contributed by atoms with E-state index in [9.17, 15) is 4.79 Å². The third-order valence-electron chi connectivity index (χ3n) is 4.53. The molecular formula is C17H25NO. The van der Waals surface area contributed by atoms with Gasteiger partial charge < -0.3 is 0 Å². The lowest BCUT2D eigenvalue weighted by molar-refractivity contribution is 0.0779. The summed E-state index contributed by atoms with van der Waals surface area (Å²) in [6.45, 7) is 10.3. The van der Waals surface area contributed by atoms with Crippen molar-refractivity contribution in [2.24, 2.45) is 5.92 Å². The van der Waals surface area contributed by atoms with Crippen molar-refractivity contribution in [3.63, 3.8) is 0 Å². The molecule has 1 aromatic carbocycles. The molecule has 0 bridgehead atoms. The first-order valence-electron chi connectivity index (χ1n) is 7.33. The van der Waals surface area contributed by atoms with Crippen molar-refractivity contribution in [1.29, 1.82) is 0 Å². The van der Waals surface area contributed by atoms with Gasteiger partial charge in [-0.3, -0.25) is 9.69 Å². The highest BCUT2D eigenvalue weighted by molar-refractivity contribution is 5.99. The summed E-state index contributed by atoms with van der Waals surface area (Å²) in [4.78, 5) is 14.8. The van der Waals surface area contributed by atoms with E-state index in [1.807, 2.05) is 19.1 Å². The minimum Gasteiger partial charge on any atom is -0.293 e. The van der Waals surface area contributed by atoms with E-state index < -0.39 is 0 Å². The molecule has 0 aromatic heterocycles. The van der Waals surface area contributed by atoms with E-state index in [0.29, 0.717) is 18.5 Å². The van der Waals surface area contributed by atoms with E-state index in [-0.39, 0.29) is 5.78 Å². The van der Waals surface area contributed by atoms with Gasteiger partial charge in [-0.05, 0) is 51.6 Å². The molecule has 2 rings (SSSR count). The van der Waals surface area contributed by atoms with E-state index in [0.717, 1.165) is 17.7 Å². The normalized spacial score (nSPS) is 24.4. The highest BCUT2D eigenvalue weighted by Crippen LogP contribution is 2.23. The van der Waals surface area contributed by atoms with Crippen molar-refractivity contribution >= 4 is 5.78 Å². The summed E-state index contributed by atoms with van der Waals surface area (Å²) in [6.07, 6.45) is 2.50. The number of hydrogen-bond acceptors (Lipinski definition) is 2. The standard InChI is InChI=1S/C17H25NO/c1-12-7-8-16(14(3)10-12)17(19)11-18-9-5-6-13(2)15(18)4/h7-8,10,13,15H,5-6,9,11H2,1-4H3. The fourth-order valence-electron chi connectivity index (χ4n) is 3.04. The molecule has 19 heavy (non-hydrogen) atoms. The fraction of sp³-hybridized carbons (Fsp3) is 0.588. The zero-order valence-corrected chi connectivity index (χ0v) is 12.6. The monoisotopic (exact) mass is 259 g/mol. The topological polar surface area (TPSA) is 20.3 Å². The van der Waals surface area contributed by atoms with Crippen LogP contribution in [0.3, 0.4) is 0 Å². The van der Waals surface area contributed by atoms with Crippen LogP contribution in [0.2, 0.25) is 0 Å². The quantitative estimate of drug-likeness (QED) is 0.773. The number of rotatable bonds is 3. The first kappa shape index (κ1) is 14.3. The maximum atomic E-state index is 12.5. The Kier molecular flexibility index (Phi) is 4.41. The Bertz CT molecular complexity index is 466. The summed E-state index contributed by atoms with van der Waals surface area (Å²) in [6, 6.07) is 6.62. The maximum absolute atomic E-state index is 12.5. The average molecular weight is 259 g/mol. The molecule has 0 radical (unpaired) electrons. The number of Topliss-reactive ketones (excluding diaryl/α,β-unsaturated/α-hetero) is 1. The van der Waals surface area contributed by atoms with E-state index in [2.05, 4.69) is 31.7 Å². The van der Waals surface area contributed by atoms with Crippen LogP contribution >= 0.6 is 0 Å². The second kappa shape index (κ2) is 5.87. The molecule has 1 fully saturated rings. The van der Waals surface area contributed by atoms with Crippen LogP contribution in [0.4, 0.5) is 0 Å². The van der Waals surface area contributed by atoms with Gasteiger partial charge in [-0.1, -0.05) is 30.7 Å². The molecule has 1 heterocycles. The zero-order chi connectivity index (χ0) is 14.0. The van der Waals surface area contributed by atoms with Crippen molar-refractivity contribution in [2.45, 2.75) is 46.6 Å². The van der Waals surface area contributed by atoms with Gasteiger partial charge in [-0.15, -0.1) is 0 Å². The number of benzene rings is 1. The number of likely N-dealkylation sites (tertiary alicyclic amines) is 1. The molecule has 1 saturated heterocycles. The van der Waals surface area contributed by atoms with Gasteiger partial charge in [0.15, 0.2) is 5.78 Å². The highest BCUT2D eigenvalue weighted by atomic mass is 16.1. The Hall–Kier alpha value is -1.15. The summed E-state index contributed by atoms with van der Waals surface area (Å²) in [7, 11) is 0. The van der Waals surface area contributed by atoms with Gasteiger partial charge in [0.2, 0.25) is 0 Å². The lowest BCUT2D eigenvalue weighted by Gasteiger charge is -2.37. The first-order valence-corrected chi connectivity index (χ1v) is 7.33. The van der Waals surface area contributed by atoms with Gasteiger partial charge in [0, 0.05) is 11.6 Å². The molecule has 0 amide bonds. The molecule has 0 spiro atoms. The van der Waals surface area contributed by atoms with Crippen molar-refractivity contribution in [3.8, 4) is 0 Å². The summed E-state index contributed by atoms with van der Waals surface area (Å²) >= 11 is 0. The van der Waals surface area contributed by atoms with Crippen LogP contribution in [0, 0.1) is 19.8 Å². The van der Waals surface area contributed by atoms with Gasteiger partial charge in [0.25, 0.3) is 0 Å². The van der Waals surface area contributed by atoms with Gasteiger partial charge in [0.1, 0.15) is 0 Å². The summed E-state index contributed by atoms with van der Waals surface area (Å²) in [5, 5.41) is 0. The Balaban J connectivity index is 2.08. The summed E-state index contributed by atoms with van der Waals surface area (Å²) in [5.74, 6) is 0.958. The van der Waals surface area contributed by atoms with Crippen LogP contribution in [-0.4, -0.2) is 29.8 Å².